The van der Waals surface area contributed by atoms with Crippen LogP contribution in [-0.2, 0) is 0 Å². The fourth-order valence-corrected chi connectivity index (χ4v) is 1.22. The smallest absolute Gasteiger partial charge is 0.268 e. The van der Waals surface area contributed by atoms with E-state index in [1.54, 1.807) is 11.4 Å². The quantitative estimate of drug-likeness (QED) is 0.303. The summed E-state index contributed by atoms with van der Waals surface area (Å²) in [6.07, 6.45) is 0. The van der Waals surface area contributed by atoms with Gasteiger partial charge in [0.05, 0.1) is 10.6 Å². The Morgan fingerprint density at radius 1 is 1.70 bits per heavy atom. The zero-order chi connectivity index (χ0) is 7.56. The third-order valence-corrected chi connectivity index (χ3v) is 1.82. The van der Waals surface area contributed by atoms with Gasteiger partial charge in [-0.2, -0.15) is 0 Å². The van der Waals surface area contributed by atoms with Crippen molar-refractivity contribution in [2.45, 2.75) is 0 Å². The predicted octanol–water partition coefficient (Wildman–Crippen LogP) is -0.0662. The lowest BCUT2D eigenvalue weighted by molar-refractivity contribution is 0.0955. The molecular weight excluding hydrogens is 150 g/mol. The molecule has 1 aromatic heterocycles. The number of thiophene rings is 1. The molecule has 0 radical (unpaired) electrons. The molecule has 54 valence electrons. The molecule has 1 amide bonds. The molecule has 0 saturated carbocycles. The van der Waals surface area contributed by atoms with Gasteiger partial charge in [0.1, 0.15) is 0 Å². The second-order valence-corrected chi connectivity index (χ2v) is 2.62. The first-order valence-corrected chi connectivity index (χ1v) is 3.47. The molecule has 1 aromatic rings. The second kappa shape index (κ2) is 2.68. The minimum Gasteiger partial charge on any atom is -0.390 e. The molecule has 0 aliphatic carbocycles. The van der Waals surface area contributed by atoms with Gasteiger partial charge in [-0.25, -0.2) is 5.84 Å². The van der Waals surface area contributed by atoms with Gasteiger partial charge < -0.3 is 5.73 Å². The maximum atomic E-state index is 10.8. The third-order valence-electron chi connectivity index (χ3n) is 1.07. The first-order chi connectivity index (χ1) is 4.75. The number of hydrogen-bond acceptors (Lipinski definition) is 4. The van der Waals surface area contributed by atoms with Crippen LogP contribution in [0.3, 0.4) is 0 Å². The van der Waals surface area contributed by atoms with Gasteiger partial charge in [0, 0.05) is 0 Å². The summed E-state index contributed by atoms with van der Waals surface area (Å²) in [5.41, 5.74) is 7.85. The van der Waals surface area contributed by atoms with Crippen LogP contribution < -0.4 is 17.0 Å². The number of anilines is 1. The Labute approximate surface area is 61.8 Å². The lowest BCUT2D eigenvalue weighted by atomic mass is 10.3. The Morgan fingerprint density at radius 2 is 2.40 bits per heavy atom. The van der Waals surface area contributed by atoms with Crippen molar-refractivity contribution in [3.8, 4) is 0 Å². The van der Waals surface area contributed by atoms with Crippen molar-refractivity contribution in [1.29, 1.82) is 0 Å². The maximum Gasteiger partial charge on any atom is 0.268 e. The van der Waals surface area contributed by atoms with Crippen LogP contribution >= 0.6 is 11.3 Å². The Bertz CT molecular complexity index is 245. The van der Waals surface area contributed by atoms with Crippen molar-refractivity contribution >= 4 is 22.2 Å². The molecule has 0 aliphatic heterocycles. The molecule has 0 aromatic carbocycles. The topological polar surface area (TPSA) is 81.1 Å². The number of amides is 1. The standard InChI is InChI=1S/C5H7N3OS/c6-4-3(1-2-10-4)5(9)8-7/h1-2H,6-7H2,(H,8,9). The summed E-state index contributed by atoms with van der Waals surface area (Å²) in [4.78, 5) is 10.8. The minimum absolute atomic E-state index is 0.348. The number of carbonyl (C=O) groups is 1. The second-order valence-electron chi connectivity index (χ2n) is 1.67. The highest BCUT2D eigenvalue weighted by molar-refractivity contribution is 7.14. The molecule has 0 spiro atoms. The molecule has 5 N–H and O–H groups in total. The van der Waals surface area contributed by atoms with Crippen molar-refractivity contribution in [2.24, 2.45) is 5.84 Å². The summed E-state index contributed by atoms with van der Waals surface area (Å²) in [6.45, 7) is 0. The lowest BCUT2D eigenvalue weighted by Crippen LogP contribution is -2.30. The van der Waals surface area contributed by atoms with Crippen LogP contribution in [0.1, 0.15) is 10.4 Å². The van der Waals surface area contributed by atoms with E-state index in [4.69, 9.17) is 11.6 Å². The average molecular weight is 157 g/mol. The summed E-state index contributed by atoms with van der Waals surface area (Å²) in [6, 6.07) is 1.63. The molecule has 0 fully saturated rings. The molecule has 1 heterocycles. The van der Waals surface area contributed by atoms with E-state index in [1.165, 1.54) is 11.3 Å². The van der Waals surface area contributed by atoms with E-state index in [9.17, 15) is 4.79 Å². The van der Waals surface area contributed by atoms with E-state index >= 15 is 0 Å². The van der Waals surface area contributed by atoms with Gasteiger partial charge in [0.25, 0.3) is 5.91 Å². The Morgan fingerprint density at radius 3 is 2.80 bits per heavy atom. The van der Waals surface area contributed by atoms with Crippen LogP contribution in [0.5, 0.6) is 0 Å². The molecule has 1 rings (SSSR count). The van der Waals surface area contributed by atoms with Gasteiger partial charge in [0.15, 0.2) is 0 Å². The van der Waals surface area contributed by atoms with Crippen LogP contribution in [0, 0.1) is 0 Å². The third kappa shape index (κ3) is 1.09. The van der Waals surface area contributed by atoms with E-state index in [1.807, 2.05) is 5.43 Å². The Kier molecular flexibility index (Phi) is 1.88. The zero-order valence-electron chi connectivity index (χ0n) is 5.13. The van der Waals surface area contributed by atoms with Crippen molar-refractivity contribution in [3.05, 3.63) is 17.0 Å². The molecule has 0 unspecified atom stereocenters. The van der Waals surface area contributed by atoms with Gasteiger partial charge in [-0.05, 0) is 11.4 Å². The van der Waals surface area contributed by atoms with Crippen LogP contribution in [0.15, 0.2) is 11.4 Å². The van der Waals surface area contributed by atoms with E-state index in [-0.39, 0.29) is 5.91 Å². The highest BCUT2D eigenvalue weighted by Gasteiger charge is 2.07. The van der Waals surface area contributed by atoms with E-state index < -0.39 is 0 Å². The predicted molar refractivity (Wildman–Crippen MR) is 40.4 cm³/mol. The number of nitrogen functional groups attached to an aromatic ring is 2. The maximum absolute atomic E-state index is 10.8. The average Bonchev–Trinajstić information content (AvgIpc) is 2.34. The van der Waals surface area contributed by atoms with Crippen LogP contribution in [0.4, 0.5) is 5.00 Å². The number of hydrogen-bond donors (Lipinski definition) is 3. The van der Waals surface area contributed by atoms with Crippen molar-refractivity contribution < 1.29 is 4.79 Å². The summed E-state index contributed by atoms with van der Waals surface area (Å²) in [7, 11) is 0. The SMILES string of the molecule is NNC(=O)c1ccsc1N. The van der Waals surface area contributed by atoms with Crippen molar-refractivity contribution in [3.63, 3.8) is 0 Å². The highest BCUT2D eigenvalue weighted by Crippen LogP contribution is 2.17. The Balaban J connectivity index is 2.93. The van der Waals surface area contributed by atoms with Crippen LogP contribution in [0.25, 0.3) is 0 Å². The molecule has 0 bridgehead atoms. The van der Waals surface area contributed by atoms with Gasteiger partial charge in [0.2, 0.25) is 0 Å². The van der Waals surface area contributed by atoms with Gasteiger partial charge >= 0.3 is 0 Å². The fraction of sp³-hybridized carbons (Fsp3) is 0. The Hall–Kier alpha value is -1.07. The van der Waals surface area contributed by atoms with Gasteiger partial charge in [-0.3, -0.25) is 10.2 Å². The van der Waals surface area contributed by atoms with E-state index in [0.29, 0.717) is 10.6 Å². The summed E-state index contributed by atoms with van der Waals surface area (Å²) < 4.78 is 0. The molecular formula is C5H7N3OS. The molecule has 4 nitrogen and oxygen atoms in total. The number of rotatable bonds is 1. The molecule has 0 saturated heterocycles. The zero-order valence-corrected chi connectivity index (χ0v) is 5.94. The lowest BCUT2D eigenvalue weighted by Gasteiger charge is -1.94. The number of carbonyl (C=O) groups excluding carboxylic acids is 1. The summed E-state index contributed by atoms with van der Waals surface area (Å²) in [5.74, 6) is 4.53. The molecule has 5 heteroatoms. The van der Waals surface area contributed by atoms with Crippen molar-refractivity contribution in [1.82, 2.24) is 5.43 Å². The van der Waals surface area contributed by atoms with Gasteiger partial charge in [-0.1, -0.05) is 0 Å². The fourth-order valence-electron chi connectivity index (χ4n) is 0.586. The monoisotopic (exact) mass is 157 g/mol. The normalized spacial score (nSPS) is 9.30. The molecule has 0 atom stereocenters. The number of hydrazine groups is 1. The highest BCUT2D eigenvalue weighted by atomic mass is 32.1. The molecule has 0 aliphatic rings. The van der Waals surface area contributed by atoms with Gasteiger partial charge in [-0.15, -0.1) is 11.3 Å². The largest absolute Gasteiger partial charge is 0.390 e. The van der Waals surface area contributed by atoms with Crippen LogP contribution in [-0.4, -0.2) is 5.91 Å². The summed E-state index contributed by atoms with van der Waals surface area (Å²) in [5, 5.41) is 2.22. The van der Waals surface area contributed by atoms with Crippen LogP contribution in [0.2, 0.25) is 0 Å². The van der Waals surface area contributed by atoms with Crippen molar-refractivity contribution in [2.75, 3.05) is 5.73 Å². The van der Waals surface area contributed by atoms with E-state index in [0.717, 1.165) is 0 Å². The first kappa shape index (κ1) is 7.04. The summed E-state index contributed by atoms with van der Waals surface area (Å²) >= 11 is 1.31. The number of nitrogens with one attached hydrogen (secondary N) is 1. The van der Waals surface area contributed by atoms with E-state index in [2.05, 4.69) is 0 Å². The first-order valence-electron chi connectivity index (χ1n) is 2.59. The number of nitrogens with two attached hydrogens (primary N) is 2. The molecule has 10 heavy (non-hydrogen) atoms. The minimum atomic E-state index is -0.348.